The first-order valence-corrected chi connectivity index (χ1v) is 6.87. The van der Waals surface area contributed by atoms with Gasteiger partial charge in [-0.05, 0) is 47.2 Å². The van der Waals surface area contributed by atoms with Gasteiger partial charge in [-0.25, -0.2) is 0 Å². The maximum atomic E-state index is 12.2. The van der Waals surface area contributed by atoms with Crippen molar-refractivity contribution in [3.05, 3.63) is 32.4 Å². The van der Waals surface area contributed by atoms with Crippen LogP contribution in [0, 0.1) is 3.57 Å². The van der Waals surface area contributed by atoms with Crippen LogP contribution in [0.1, 0.15) is 23.7 Å². The molecule has 0 radical (unpaired) electrons. The van der Waals surface area contributed by atoms with E-state index in [4.69, 9.17) is 16.7 Å². The minimum Gasteiger partial charge on any atom is -0.480 e. The summed E-state index contributed by atoms with van der Waals surface area (Å²) in [5.74, 6) is -1.38. The topological polar surface area (TPSA) is 57.6 Å². The molecule has 1 N–H and O–H groups in total. The molecule has 0 unspecified atom stereocenters. The summed E-state index contributed by atoms with van der Waals surface area (Å²) in [6.07, 6.45) is 0.695. The Morgan fingerprint density at radius 2 is 2.11 bits per heavy atom. The second-order valence-electron chi connectivity index (χ2n) is 3.74. The minimum absolute atomic E-state index is 0.311. The van der Waals surface area contributed by atoms with Gasteiger partial charge in [0.15, 0.2) is 0 Å². The number of halogens is 2. The summed E-state index contributed by atoms with van der Waals surface area (Å²) in [5, 5.41) is 9.14. The van der Waals surface area contributed by atoms with E-state index < -0.39 is 5.97 Å². The van der Waals surface area contributed by atoms with Crippen LogP contribution in [0.2, 0.25) is 5.02 Å². The smallest absolute Gasteiger partial charge is 0.323 e. The molecule has 0 aliphatic carbocycles. The Morgan fingerprint density at radius 3 is 2.61 bits per heavy atom. The first-order valence-electron chi connectivity index (χ1n) is 5.41. The lowest BCUT2D eigenvalue weighted by Crippen LogP contribution is -2.36. The molecule has 0 fully saturated rings. The van der Waals surface area contributed by atoms with Crippen molar-refractivity contribution >= 4 is 46.1 Å². The van der Waals surface area contributed by atoms with E-state index in [0.717, 1.165) is 3.57 Å². The highest BCUT2D eigenvalue weighted by Gasteiger charge is 2.19. The van der Waals surface area contributed by atoms with Gasteiger partial charge in [0.05, 0.1) is 10.6 Å². The van der Waals surface area contributed by atoms with Crippen LogP contribution in [0.15, 0.2) is 18.2 Å². The van der Waals surface area contributed by atoms with Crippen molar-refractivity contribution in [2.24, 2.45) is 0 Å². The van der Waals surface area contributed by atoms with E-state index in [0.29, 0.717) is 23.6 Å². The summed E-state index contributed by atoms with van der Waals surface area (Å²) in [6, 6.07) is 5.07. The van der Waals surface area contributed by atoms with Crippen LogP contribution in [-0.4, -0.2) is 35.0 Å². The van der Waals surface area contributed by atoms with Crippen LogP contribution < -0.4 is 0 Å². The van der Waals surface area contributed by atoms with Crippen molar-refractivity contribution in [3.8, 4) is 0 Å². The third-order valence-corrected chi connectivity index (χ3v) is 3.25. The lowest BCUT2D eigenvalue weighted by molar-refractivity contribution is -0.137. The number of hydrogen-bond donors (Lipinski definition) is 1. The molecular weight excluding hydrogens is 368 g/mol. The van der Waals surface area contributed by atoms with E-state index in [1.165, 1.54) is 4.90 Å². The summed E-state index contributed by atoms with van der Waals surface area (Å²) in [6.45, 7) is 1.97. The Bertz CT molecular complexity index is 465. The molecule has 4 nitrogen and oxygen atoms in total. The third kappa shape index (κ3) is 4.13. The van der Waals surface area contributed by atoms with E-state index in [1.54, 1.807) is 18.2 Å². The van der Waals surface area contributed by atoms with Gasteiger partial charge in [-0.2, -0.15) is 0 Å². The van der Waals surface area contributed by atoms with Crippen molar-refractivity contribution < 1.29 is 14.7 Å². The molecule has 0 heterocycles. The van der Waals surface area contributed by atoms with E-state index >= 15 is 0 Å². The second kappa shape index (κ2) is 6.94. The lowest BCUT2D eigenvalue weighted by atomic mass is 10.2. The van der Waals surface area contributed by atoms with Gasteiger partial charge in [-0.15, -0.1) is 0 Å². The highest BCUT2D eigenvalue weighted by Crippen LogP contribution is 2.20. The summed E-state index contributed by atoms with van der Waals surface area (Å²) in [4.78, 5) is 24.2. The minimum atomic E-state index is -1.03. The number of amides is 1. The molecule has 98 valence electrons. The number of carboxylic acid groups (broad SMARTS) is 1. The zero-order valence-electron chi connectivity index (χ0n) is 9.82. The van der Waals surface area contributed by atoms with Crippen LogP contribution in [0.25, 0.3) is 0 Å². The van der Waals surface area contributed by atoms with Crippen LogP contribution >= 0.6 is 34.2 Å². The van der Waals surface area contributed by atoms with Crippen LogP contribution in [0.3, 0.4) is 0 Å². The average molecular weight is 382 g/mol. The number of hydrogen-bond acceptors (Lipinski definition) is 2. The van der Waals surface area contributed by atoms with Crippen LogP contribution in [-0.2, 0) is 4.79 Å². The highest BCUT2D eigenvalue weighted by atomic mass is 127. The molecule has 1 amide bonds. The van der Waals surface area contributed by atoms with Crippen molar-refractivity contribution in [2.75, 3.05) is 13.1 Å². The predicted molar refractivity (Wildman–Crippen MR) is 78.0 cm³/mol. The first kappa shape index (κ1) is 15.2. The highest BCUT2D eigenvalue weighted by molar-refractivity contribution is 14.1. The molecule has 1 aromatic carbocycles. The number of carbonyl (C=O) groups is 2. The Labute approximate surface area is 124 Å². The summed E-state index contributed by atoms with van der Waals surface area (Å²) in [7, 11) is 0. The zero-order chi connectivity index (χ0) is 13.7. The summed E-state index contributed by atoms with van der Waals surface area (Å²) < 4.78 is 0.925. The van der Waals surface area contributed by atoms with E-state index in [1.807, 2.05) is 6.92 Å². The number of rotatable bonds is 5. The van der Waals surface area contributed by atoms with Gasteiger partial charge in [0.2, 0.25) is 0 Å². The van der Waals surface area contributed by atoms with Crippen molar-refractivity contribution in [1.29, 1.82) is 0 Å². The monoisotopic (exact) mass is 381 g/mol. The molecule has 18 heavy (non-hydrogen) atoms. The van der Waals surface area contributed by atoms with E-state index in [2.05, 4.69) is 22.6 Å². The predicted octanol–water partition coefficient (Wildman–Crippen LogP) is 2.88. The summed E-state index contributed by atoms with van der Waals surface area (Å²) in [5.41, 5.74) is 0.340. The van der Waals surface area contributed by atoms with Gasteiger partial charge in [0, 0.05) is 10.1 Å². The van der Waals surface area contributed by atoms with Crippen molar-refractivity contribution in [2.45, 2.75) is 13.3 Å². The Morgan fingerprint density at radius 1 is 1.44 bits per heavy atom. The summed E-state index contributed by atoms with van der Waals surface area (Å²) >= 11 is 8.10. The average Bonchev–Trinajstić information content (AvgIpc) is 2.27. The Kier molecular flexibility index (Phi) is 5.87. The standard InChI is InChI=1S/C12H13ClINO3/c1-2-5-15(7-11(16)17)12(18)9-4-3-8(14)6-10(9)13/h3-4,6H,2,5,7H2,1H3,(H,16,17). The van der Waals surface area contributed by atoms with Gasteiger partial charge in [-0.1, -0.05) is 18.5 Å². The van der Waals surface area contributed by atoms with Gasteiger partial charge in [0.1, 0.15) is 6.54 Å². The second-order valence-corrected chi connectivity index (χ2v) is 5.40. The van der Waals surface area contributed by atoms with E-state index in [-0.39, 0.29) is 12.5 Å². The molecule has 0 aliphatic rings. The SMILES string of the molecule is CCCN(CC(=O)O)C(=O)c1ccc(I)cc1Cl. The normalized spacial score (nSPS) is 10.2. The van der Waals surface area contributed by atoms with E-state index in [9.17, 15) is 9.59 Å². The molecule has 0 bridgehead atoms. The first-order chi connectivity index (χ1) is 8.45. The fourth-order valence-corrected chi connectivity index (χ4v) is 2.46. The van der Waals surface area contributed by atoms with Gasteiger partial charge < -0.3 is 10.0 Å². The lowest BCUT2D eigenvalue weighted by Gasteiger charge is -2.20. The molecule has 1 aromatic rings. The molecule has 0 aromatic heterocycles. The van der Waals surface area contributed by atoms with Gasteiger partial charge in [0.25, 0.3) is 5.91 Å². The van der Waals surface area contributed by atoms with Gasteiger partial charge in [-0.3, -0.25) is 9.59 Å². The number of aliphatic carboxylic acids is 1. The fourth-order valence-electron chi connectivity index (χ4n) is 1.52. The van der Waals surface area contributed by atoms with Crippen molar-refractivity contribution in [1.82, 2.24) is 4.90 Å². The molecule has 0 saturated heterocycles. The largest absolute Gasteiger partial charge is 0.480 e. The van der Waals surface area contributed by atoms with Crippen LogP contribution in [0.5, 0.6) is 0 Å². The number of carbonyl (C=O) groups excluding carboxylic acids is 1. The molecule has 0 aliphatic heterocycles. The zero-order valence-corrected chi connectivity index (χ0v) is 12.7. The molecule has 1 rings (SSSR count). The maximum absolute atomic E-state index is 12.2. The Balaban J connectivity index is 2.97. The molecule has 0 saturated carbocycles. The van der Waals surface area contributed by atoms with Gasteiger partial charge >= 0.3 is 5.97 Å². The molecule has 0 spiro atoms. The molecule has 6 heteroatoms. The number of nitrogens with zero attached hydrogens (tertiary/aromatic N) is 1. The maximum Gasteiger partial charge on any atom is 0.323 e. The van der Waals surface area contributed by atoms with Crippen LogP contribution in [0.4, 0.5) is 0 Å². The number of carboxylic acids is 1. The molecular formula is C12H13ClINO3. The third-order valence-electron chi connectivity index (χ3n) is 2.27. The number of benzene rings is 1. The van der Waals surface area contributed by atoms with Crippen molar-refractivity contribution in [3.63, 3.8) is 0 Å². The fraction of sp³-hybridized carbons (Fsp3) is 0.333. The molecule has 0 atom stereocenters. The quantitative estimate of drug-likeness (QED) is 0.798. The Hall–Kier alpha value is -0.820.